The highest BCUT2D eigenvalue weighted by Gasteiger charge is 2.34. The van der Waals surface area contributed by atoms with Crippen LogP contribution in [-0.2, 0) is 9.59 Å². The summed E-state index contributed by atoms with van der Waals surface area (Å²) < 4.78 is 9.35. The van der Waals surface area contributed by atoms with Crippen molar-refractivity contribution in [3.63, 3.8) is 0 Å². The van der Waals surface area contributed by atoms with Crippen LogP contribution in [-0.4, -0.2) is 107 Å². The summed E-state index contributed by atoms with van der Waals surface area (Å²) in [7, 11) is 1.56. The molecular weight excluding hydrogens is 739 g/mol. The molecule has 1 atom stereocenters. The van der Waals surface area contributed by atoms with Gasteiger partial charge in [-0.15, -0.1) is 0 Å². The molecule has 15 heteroatoms. The lowest BCUT2D eigenvalue weighted by atomic mass is 9.85. The Bertz CT molecular complexity index is 2270. The molecule has 2 aliphatic carbocycles. The van der Waals surface area contributed by atoms with Gasteiger partial charge in [0.2, 0.25) is 11.8 Å². The molecule has 0 unspecified atom stereocenters. The fourth-order valence-corrected chi connectivity index (χ4v) is 9.25. The SMILES string of the molecule is COc1cc2nn(C3CCC(CN4CCN(C(=O)[C@H]5CCN(c6ccc(N7CCC(=O)NC7=O)cc6)C5)CC4)CC3)cc2cc1NC(=O)c1cccn(C2CC2)c1=O. The van der Waals surface area contributed by atoms with Crippen LogP contribution in [0.5, 0.6) is 5.75 Å². The van der Waals surface area contributed by atoms with Crippen molar-refractivity contribution in [2.75, 3.05) is 74.6 Å². The number of urea groups is 1. The lowest BCUT2D eigenvalue weighted by molar-refractivity contribution is -0.136. The average Bonchev–Trinajstić information content (AvgIpc) is 3.80. The highest BCUT2D eigenvalue weighted by atomic mass is 16.5. The van der Waals surface area contributed by atoms with E-state index in [1.165, 1.54) is 0 Å². The number of hydrogen-bond donors (Lipinski definition) is 2. The van der Waals surface area contributed by atoms with Gasteiger partial charge in [0.1, 0.15) is 11.3 Å². The van der Waals surface area contributed by atoms with Gasteiger partial charge in [-0.25, -0.2) is 4.79 Å². The third-order valence-corrected chi connectivity index (χ3v) is 12.8. The average molecular weight is 790 g/mol. The molecular formula is C43H51N9O6. The van der Waals surface area contributed by atoms with Crippen molar-refractivity contribution < 1.29 is 23.9 Å². The summed E-state index contributed by atoms with van der Waals surface area (Å²) in [5.41, 5.74) is 2.93. The minimum absolute atomic E-state index is 0.0219. The van der Waals surface area contributed by atoms with Crippen LogP contribution in [0.4, 0.5) is 21.9 Å². The molecule has 4 aromatic rings. The van der Waals surface area contributed by atoms with E-state index < -0.39 is 11.9 Å². The Balaban J connectivity index is 0.735. The molecule has 2 aromatic heterocycles. The second-order valence-corrected chi connectivity index (χ2v) is 16.5. The summed E-state index contributed by atoms with van der Waals surface area (Å²) >= 11 is 0. The summed E-state index contributed by atoms with van der Waals surface area (Å²) in [6, 6.07) is 14.9. The standard InChI is InChI=1S/C43H51N9O6/c1-58-38-24-36-30(23-37(38)44-40(54)35-3-2-16-50(42(35)56)32-12-13-32)27-52(46-36)34-6-4-28(5-7-34)25-47-19-21-48(22-20-47)41(55)29-14-17-49(26-29)31-8-10-33(11-9-31)51-18-15-39(53)45-43(51)57/h2-3,8-11,16,23-24,27-29,32,34H,4-7,12-15,17-22,25-26H2,1H3,(H,44,54)(H,45,53,57)/t28?,29-,34?/m0/s1. The molecule has 15 nitrogen and oxygen atoms in total. The number of anilines is 3. The van der Waals surface area contributed by atoms with Crippen molar-refractivity contribution in [1.29, 1.82) is 0 Å². The van der Waals surface area contributed by atoms with Crippen LogP contribution in [0.25, 0.3) is 10.9 Å². The van der Waals surface area contributed by atoms with Crippen LogP contribution in [0, 0.1) is 11.8 Å². The van der Waals surface area contributed by atoms with Crippen LogP contribution in [0.15, 0.2) is 65.7 Å². The number of benzene rings is 2. The largest absolute Gasteiger partial charge is 0.494 e. The summed E-state index contributed by atoms with van der Waals surface area (Å²) in [6.45, 7) is 6.23. The van der Waals surface area contributed by atoms with Gasteiger partial charge in [0.15, 0.2) is 0 Å². The van der Waals surface area contributed by atoms with Crippen molar-refractivity contribution in [2.45, 2.75) is 63.5 Å². The molecule has 2 saturated carbocycles. The zero-order valence-corrected chi connectivity index (χ0v) is 33.0. The molecule has 3 aliphatic heterocycles. The molecule has 2 N–H and O–H groups in total. The van der Waals surface area contributed by atoms with E-state index in [1.807, 2.05) is 36.4 Å². The van der Waals surface area contributed by atoms with Gasteiger partial charge in [-0.2, -0.15) is 5.10 Å². The molecule has 304 valence electrons. The molecule has 58 heavy (non-hydrogen) atoms. The third kappa shape index (κ3) is 7.79. The van der Waals surface area contributed by atoms with Crippen LogP contribution in [0.2, 0.25) is 0 Å². The number of ether oxygens (including phenoxy) is 1. The summed E-state index contributed by atoms with van der Waals surface area (Å²) in [5.74, 6) is 0.630. The number of pyridine rings is 1. The summed E-state index contributed by atoms with van der Waals surface area (Å²) in [4.78, 5) is 72.0. The van der Waals surface area contributed by atoms with E-state index in [-0.39, 0.29) is 41.3 Å². The van der Waals surface area contributed by atoms with Crippen LogP contribution in [0.3, 0.4) is 0 Å². The maximum Gasteiger partial charge on any atom is 0.328 e. The van der Waals surface area contributed by atoms with Gasteiger partial charge in [0.25, 0.3) is 11.5 Å². The first-order chi connectivity index (χ1) is 28.2. The number of carbonyl (C=O) groups excluding carboxylic acids is 4. The molecule has 0 radical (unpaired) electrons. The van der Waals surface area contributed by atoms with Gasteiger partial charge in [-0.3, -0.25) is 39.0 Å². The number of nitrogens with one attached hydrogen (secondary N) is 2. The number of amides is 5. The Labute approximate surface area is 336 Å². The Hall–Kier alpha value is -5.70. The minimum Gasteiger partial charge on any atom is -0.494 e. The molecule has 2 aromatic carbocycles. The molecule has 3 saturated heterocycles. The van der Waals surface area contributed by atoms with E-state index in [0.29, 0.717) is 36.5 Å². The lowest BCUT2D eigenvalue weighted by Crippen LogP contribution is -2.51. The number of hydrogen-bond acceptors (Lipinski definition) is 9. The van der Waals surface area contributed by atoms with Gasteiger partial charge in [0.05, 0.1) is 30.3 Å². The number of carbonyl (C=O) groups is 4. The molecule has 5 amide bonds. The Morgan fingerprint density at radius 3 is 2.33 bits per heavy atom. The highest BCUT2D eigenvalue weighted by Crippen LogP contribution is 2.36. The summed E-state index contributed by atoms with van der Waals surface area (Å²) in [6.07, 6.45) is 11.1. The maximum atomic E-state index is 13.6. The smallest absolute Gasteiger partial charge is 0.328 e. The number of fused-ring (bicyclic) bond motifs is 1. The molecule has 0 spiro atoms. The van der Waals surface area contributed by atoms with E-state index in [1.54, 1.807) is 34.9 Å². The zero-order valence-electron chi connectivity index (χ0n) is 33.0. The number of rotatable bonds is 10. The quantitative estimate of drug-likeness (QED) is 0.234. The zero-order chi connectivity index (χ0) is 39.9. The van der Waals surface area contributed by atoms with Crippen molar-refractivity contribution in [2.24, 2.45) is 11.8 Å². The second-order valence-electron chi connectivity index (χ2n) is 16.5. The number of methoxy groups -OCH3 is 1. The van der Waals surface area contributed by atoms with E-state index in [9.17, 15) is 24.0 Å². The molecule has 9 rings (SSSR count). The van der Waals surface area contributed by atoms with Crippen molar-refractivity contribution in [3.8, 4) is 5.75 Å². The number of aromatic nitrogens is 3. The number of piperazine rings is 1. The number of nitrogens with zero attached hydrogens (tertiary/aromatic N) is 7. The molecule has 5 fully saturated rings. The van der Waals surface area contributed by atoms with Gasteiger partial charge in [-0.05, 0) is 93.3 Å². The first kappa shape index (κ1) is 37.9. The van der Waals surface area contributed by atoms with Crippen molar-refractivity contribution in [3.05, 3.63) is 76.8 Å². The monoisotopic (exact) mass is 789 g/mol. The fraction of sp³-hybridized carbons (Fsp3) is 0.488. The fourth-order valence-electron chi connectivity index (χ4n) is 9.25. The highest BCUT2D eigenvalue weighted by molar-refractivity contribution is 6.06. The van der Waals surface area contributed by atoms with Crippen LogP contribution in [0.1, 0.15) is 73.8 Å². The predicted molar refractivity (Wildman–Crippen MR) is 219 cm³/mol. The second kappa shape index (κ2) is 15.9. The normalized spacial score (nSPS) is 23.0. The third-order valence-electron chi connectivity index (χ3n) is 12.8. The van der Waals surface area contributed by atoms with E-state index in [4.69, 9.17) is 9.84 Å². The molecule has 5 aliphatic rings. The molecule has 5 heterocycles. The van der Waals surface area contributed by atoms with Gasteiger partial charge < -0.3 is 24.4 Å². The Kier molecular flexibility index (Phi) is 10.4. The van der Waals surface area contributed by atoms with Gasteiger partial charge in [0, 0.05) is 100 Å². The summed E-state index contributed by atoms with van der Waals surface area (Å²) in [5, 5.41) is 11.1. The lowest BCUT2D eigenvalue weighted by Gasteiger charge is -2.39. The number of imide groups is 1. The minimum atomic E-state index is -0.454. The Morgan fingerprint density at radius 2 is 1.60 bits per heavy atom. The topological polar surface area (TPSA) is 154 Å². The van der Waals surface area contributed by atoms with Gasteiger partial charge >= 0.3 is 6.03 Å². The molecule has 0 bridgehead atoms. The Morgan fingerprint density at radius 1 is 0.862 bits per heavy atom. The van der Waals surface area contributed by atoms with Crippen LogP contribution >= 0.6 is 0 Å². The van der Waals surface area contributed by atoms with Crippen molar-refractivity contribution in [1.82, 2.24) is 29.5 Å². The maximum absolute atomic E-state index is 13.6. The van der Waals surface area contributed by atoms with Gasteiger partial charge in [-0.1, -0.05) is 0 Å². The van der Waals surface area contributed by atoms with Crippen molar-refractivity contribution >= 4 is 51.7 Å². The van der Waals surface area contributed by atoms with E-state index in [2.05, 4.69) is 36.2 Å². The van der Waals surface area contributed by atoms with E-state index >= 15 is 0 Å². The first-order valence-corrected chi connectivity index (χ1v) is 20.8. The first-order valence-electron chi connectivity index (χ1n) is 20.8. The van der Waals surface area contributed by atoms with Crippen LogP contribution < -0.4 is 30.7 Å². The van der Waals surface area contributed by atoms with E-state index in [0.717, 1.165) is 106 Å². The predicted octanol–water partition coefficient (Wildman–Crippen LogP) is 4.64.